The molecule has 0 amide bonds. The van der Waals surface area contributed by atoms with Gasteiger partial charge in [-0.1, -0.05) is 20.8 Å². The summed E-state index contributed by atoms with van der Waals surface area (Å²) in [6.45, 7) is 10.2. The number of nitrogens with two attached hydrogens (primary N) is 1. The van der Waals surface area contributed by atoms with E-state index in [4.69, 9.17) is 10.2 Å². The van der Waals surface area contributed by atoms with Gasteiger partial charge in [-0.3, -0.25) is 0 Å². The van der Waals surface area contributed by atoms with Gasteiger partial charge in [0.1, 0.15) is 5.75 Å². The monoisotopic (exact) mass is 305 g/mol. The lowest BCUT2D eigenvalue weighted by molar-refractivity contribution is -0.138. The molecule has 114 valence electrons. The van der Waals surface area contributed by atoms with Gasteiger partial charge in [-0.05, 0) is 41.9 Å². The first kappa shape index (κ1) is 17.0. The number of hydrogen-bond acceptors (Lipinski definition) is 2. The normalized spacial score (nSPS) is 13.4. The zero-order chi connectivity index (χ0) is 15.8. The van der Waals surface area contributed by atoms with Crippen molar-refractivity contribution in [3.8, 4) is 5.75 Å². The van der Waals surface area contributed by atoms with Gasteiger partial charge in [0, 0.05) is 6.54 Å². The lowest BCUT2D eigenvalue weighted by Crippen LogP contribution is -2.43. The molecule has 0 spiro atoms. The van der Waals surface area contributed by atoms with Gasteiger partial charge >= 0.3 is 6.18 Å². The minimum absolute atomic E-state index is 0.0153. The summed E-state index contributed by atoms with van der Waals surface area (Å²) in [5, 5.41) is -0.0153. The maximum absolute atomic E-state index is 12.8. The number of hydrogen-bond donors (Lipinski definition) is 1. The second-order valence-electron chi connectivity index (χ2n) is 6.38. The fourth-order valence-corrected chi connectivity index (χ4v) is 2.55. The Kier molecular flexibility index (Phi) is 4.61. The molecule has 1 rings (SSSR count). The average Bonchev–Trinajstić information content (AvgIpc) is 2.25. The van der Waals surface area contributed by atoms with E-state index in [1.165, 1.54) is 12.1 Å². The van der Waals surface area contributed by atoms with Crippen LogP contribution in [0.5, 0.6) is 5.75 Å². The molecule has 0 bridgehead atoms. The van der Waals surface area contributed by atoms with Crippen LogP contribution in [0.15, 0.2) is 18.2 Å². The van der Waals surface area contributed by atoms with E-state index >= 15 is 0 Å². The Morgan fingerprint density at radius 1 is 1.15 bits per heavy atom. The zero-order valence-corrected chi connectivity index (χ0v) is 13.6. The molecular weight excluding hydrogens is 283 g/mol. The summed E-state index contributed by atoms with van der Waals surface area (Å²) in [5.74, 6) is 0.463. The van der Waals surface area contributed by atoms with Gasteiger partial charge in [-0.25, -0.2) is 0 Å². The van der Waals surface area contributed by atoms with Crippen molar-refractivity contribution in [3.63, 3.8) is 0 Å². The van der Waals surface area contributed by atoms with Gasteiger partial charge in [0.15, 0.2) is 0 Å². The third-order valence-corrected chi connectivity index (χ3v) is 8.14. The Labute approximate surface area is 119 Å². The van der Waals surface area contributed by atoms with Crippen molar-refractivity contribution >= 4 is 8.32 Å². The summed E-state index contributed by atoms with van der Waals surface area (Å²) in [7, 11) is -2.07. The SMILES string of the molecule is CC(C)(C)[Si](C)(C)Oc1ccc(C(F)(F)F)c(CN)c1. The van der Waals surface area contributed by atoms with Crippen molar-refractivity contribution in [2.24, 2.45) is 5.73 Å². The smallest absolute Gasteiger partial charge is 0.416 e. The predicted octanol–water partition coefficient (Wildman–Crippen LogP) is 4.55. The van der Waals surface area contributed by atoms with Crippen molar-refractivity contribution in [3.05, 3.63) is 29.3 Å². The van der Waals surface area contributed by atoms with Crippen LogP contribution in [0.4, 0.5) is 13.2 Å². The van der Waals surface area contributed by atoms with Crippen molar-refractivity contribution in [2.75, 3.05) is 0 Å². The highest BCUT2D eigenvalue weighted by Crippen LogP contribution is 2.39. The number of alkyl halides is 3. The molecule has 0 aromatic heterocycles. The molecular formula is C14H22F3NOSi. The van der Waals surface area contributed by atoms with Gasteiger partial charge in [-0.2, -0.15) is 13.2 Å². The highest BCUT2D eigenvalue weighted by atomic mass is 28.4. The van der Waals surface area contributed by atoms with Gasteiger partial charge in [0.2, 0.25) is 8.32 Å². The molecule has 0 radical (unpaired) electrons. The van der Waals surface area contributed by atoms with Gasteiger partial charge in [0.05, 0.1) is 5.56 Å². The van der Waals surface area contributed by atoms with Gasteiger partial charge in [0.25, 0.3) is 0 Å². The first-order chi connectivity index (χ1) is 8.88. The molecule has 0 saturated carbocycles. The first-order valence-electron chi connectivity index (χ1n) is 6.48. The maximum atomic E-state index is 12.8. The predicted molar refractivity (Wildman–Crippen MR) is 77.2 cm³/mol. The molecule has 0 saturated heterocycles. The Bertz CT molecular complexity index is 478. The lowest BCUT2D eigenvalue weighted by Gasteiger charge is -2.36. The Balaban J connectivity index is 3.12. The second kappa shape index (κ2) is 5.41. The average molecular weight is 305 g/mol. The summed E-state index contributed by atoms with van der Waals surface area (Å²) in [5.41, 5.74) is 4.79. The molecule has 0 aliphatic carbocycles. The van der Waals surface area contributed by atoms with E-state index in [1.807, 2.05) is 13.1 Å². The summed E-state index contributed by atoms with van der Waals surface area (Å²) in [6.07, 6.45) is -4.38. The van der Waals surface area contributed by atoms with E-state index in [0.717, 1.165) is 6.07 Å². The fourth-order valence-electron chi connectivity index (χ4n) is 1.53. The number of rotatable bonds is 3. The highest BCUT2D eigenvalue weighted by Gasteiger charge is 2.39. The van der Waals surface area contributed by atoms with Crippen LogP contribution < -0.4 is 10.2 Å². The molecule has 2 nitrogen and oxygen atoms in total. The Morgan fingerprint density at radius 3 is 2.10 bits per heavy atom. The number of halogens is 3. The molecule has 0 fully saturated rings. The molecule has 0 heterocycles. The van der Waals surface area contributed by atoms with Crippen LogP contribution in [0.2, 0.25) is 18.1 Å². The fraction of sp³-hybridized carbons (Fsp3) is 0.571. The van der Waals surface area contributed by atoms with Crippen LogP contribution in [-0.4, -0.2) is 8.32 Å². The molecule has 2 N–H and O–H groups in total. The van der Waals surface area contributed by atoms with Crippen LogP contribution >= 0.6 is 0 Å². The van der Waals surface area contributed by atoms with E-state index in [2.05, 4.69) is 20.8 Å². The van der Waals surface area contributed by atoms with E-state index in [1.54, 1.807) is 0 Å². The third-order valence-electron chi connectivity index (χ3n) is 3.78. The molecule has 0 aliphatic heterocycles. The standard InChI is InChI=1S/C14H22F3NOSi/c1-13(2,3)20(4,5)19-11-6-7-12(14(15,16)17)10(8-11)9-18/h6-8H,9,18H2,1-5H3. The minimum Gasteiger partial charge on any atom is -0.543 e. The highest BCUT2D eigenvalue weighted by molar-refractivity contribution is 6.74. The van der Waals surface area contributed by atoms with Gasteiger partial charge < -0.3 is 10.2 Å². The maximum Gasteiger partial charge on any atom is 0.416 e. The zero-order valence-electron chi connectivity index (χ0n) is 12.6. The molecule has 0 unspecified atom stereocenters. The van der Waals surface area contributed by atoms with Crippen LogP contribution in [0.1, 0.15) is 31.9 Å². The van der Waals surface area contributed by atoms with Crippen LogP contribution in [0.25, 0.3) is 0 Å². The van der Waals surface area contributed by atoms with Crippen molar-refractivity contribution in [1.82, 2.24) is 0 Å². The first-order valence-corrected chi connectivity index (χ1v) is 9.38. The van der Waals surface area contributed by atoms with Gasteiger partial charge in [-0.15, -0.1) is 0 Å². The largest absolute Gasteiger partial charge is 0.543 e. The quantitative estimate of drug-likeness (QED) is 0.832. The summed E-state index contributed by atoms with van der Waals surface area (Å²) in [6, 6.07) is 3.83. The van der Waals surface area contributed by atoms with E-state index in [-0.39, 0.29) is 17.1 Å². The van der Waals surface area contributed by atoms with E-state index in [0.29, 0.717) is 5.75 Å². The van der Waals surface area contributed by atoms with Crippen LogP contribution in [0.3, 0.4) is 0 Å². The summed E-state index contributed by atoms with van der Waals surface area (Å²) in [4.78, 5) is 0. The molecule has 0 atom stereocenters. The third kappa shape index (κ3) is 3.76. The van der Waals surface area contributed by atoms with E-state index < -0.39 is 20.1 Å². The molecule has 20 heavy (non-hydrogen) atoms. The molecule has 1 aromatic rings. The summed E-state index contributed by atoms with van der Waals surface area (Å²) >= 11 is 0. The molecule has 6 heteroatoms. The van der Waals surface area contributed by atoms with Crippen LogP contribution in [-0.2, 0) is 12.7 Å². The van der Waals surface area contributed by atoms with E-state index in [9.17, 15) is 13.2 Å². The Morgan fingerprint density at radius 2 is 1.70 bits per heavy atom. The van der Waals surface area contributed by atoms with Crippen molar-refractivity contribution in [1.29, 1.82) is 0 Å². The Hall–Kier alpha value is -1.01. The van der Waals surface area contributed by atoms with Crippen LogP contribution in [0, 0.1) is 0 Å². The van der Waals surface area contributed by atoms with Crippen molar-refractivity contribution < 1.29 is 17.6 Å². The number of benzene rings is 1. The minimum atomic E-state index is -4.38. The molecule has 0 aliphatic rings. The lowest BCUT2D eigenvalue weighted by atomic mass is 10.1. The second-order valence-corrected chi connectivity index (χ2v) is 11.1. The molecule has 1 aromatic carbocycles. The van der Waals surface area contributed by atoms with Crippen molar-refractivity contribution in [2.45, 2.75) is 51.6 Å². The summed E-state index contributed by atoms with van der Waals surface area (Å²) < 4.78 is 44.4. The topological polar surface area (TPSA) is 35.2 Å².